The summed E-state index contributed by atoms with van der Waals surface area (Å²) in [6.07, 6.45) is 10.9. The van der Waals surface area contributed by atoms with E-state index in [9.17, 15) is 0 Å². The number of rotatable bonds is 6. The third kappa shape index (κ3) is 4.99. The first-order valence-electron chi connectivity index (χ1n) is 8.19. The van der Waals surface area contributed by atoms with Crippen molar-refractivity contribution in [3.63, 3.8) is 0 Å². The summed E-state index contributed by atoms with van der Waals surface area (Å²) in [6, 6.07) is 8.94. The molecule has 0 unspecified atom stereocenters. The van der Waals surface area contributed by atoms with Crippen LogP contribution in [0.5, 0.6) is 0 Å². The van der Waals surface area contributed by atoms with Crippen molar-refractivity contribution in [1.82, 2.24) is 4.90 Å². The summed E-state index contributed by atoms with van der Waals surface area (Å²) in [5, 5.41) is 0. The van der Waals surface area contributed by atoms with Crippen LogP contribution in [0, 0.1) is 0 Å². The van der Waals surface area contributed by atoms with Crippen LogP contribution in [0.1, 0.15) is 56.6 Å². The summed E-state index contributed by atoms with van der Waals surface area (Å²) in [5.41, 5.74) is 3.11. The molecule has 0 N–H and O–H groups in total. The standard InChI is InChI=1S/C18H29N/c1-2-17-11-5-6-12-18(17)13-7-10-16-19-14-8-3-4-9-15-19/h5-6,11-12H,2-4,7-10,13-16H2,1H3. The Morgan fingerprint density at radius 1 is 0.895 bits per heavy atom. The minimum absolute atomic E-state index is 1.17. The van der Waals surface area contributed by atoms with E-state index < -0.39 is 0 Å². The van der Waals surface area contributed by atoms with Crippen molar-refractivity contribution in [2.24, 2.45) is 0 Å². The highest BCUT2D eigenvalue weighted by Crippen LogP contribution is 2.14. The lowest BCUT2D eigenvalue weighted by molar-refractivity contribution is 0.279. The van der Waals surface area contributed by atoms with Crippen molar-refractivity contribution in [1.29, 1.82) is 0 Å². The van der Waals surface area contributed by atoms with Crippen LogP contribution in [-0.4, -0.2) is 24.5 Å². The molecule has 1 nitrogen and oxygen atoms in total. The normalized spacial score (nSPS) is 17.3. The van der Waals surface area contributed by atoms with Crippen LogP contribution >= 0.6 is 0 Å². The number of hydrogen-bond donors (Lipinski definition) is 0. The molecule has 1 fully saturated rings. The number of aryl methyl sites for hydroxylation is 2. The predicted molar refractivity (Wildman–Crippen MR) is 83.7 cm³/mol. The third-order valence-corrected chi connectivity index (χ3v) is 4.37. The largest absolute Gasteiger partial charge is 0.303 e. The molecule has 106 valence electrons. The van der Waals surface area contributed by atoms with Crippen molar-refractivity contribution in [2.45, 2.75) is 58.3 Å². The maximum absolute atomic E-state index is 2.68. The zero-order valence-electron chi connectivity index (χ0n) is 12.5. The SMILES string of the molecule is CCc1ccccc1CCCCN1CCCCCC1. The molecule has 0 aromatic heterocycles. The quantitative estimate of drug-likeness (QED) is 0.682. The Kier molecular flexibility index (Phi) is 6.43. The van der Waals surface area contributed by atoms with Crippen LogP contribution in [0.15, 0.2) is 24.3 Å². The first-order valence-corrected chi connectivity index (χ1v) is 8.19. The maximum atomic E-state index is 2.68. The summed E-state index contributed by atoms with van der Waals surface area (Å²) >= 11 is 0. The molecule has 0 radical (unpaired) electrons. The van der Waals surface area contributed by atoms with Crippen LogP contribution in [0.3, 0.4) is 0 Å². The minimum atomic E-state index is 1.17. The van der Waals surface area contributed by atoms with E-state index in [1.54, 1.807) is 5.56 Å². The lowest BCUT2D eigenvalue weighted by Gasteiger charge is -2.19. The van der Waals surface area contributed by atoms with Gasteiger partial charge in [0, 0.05) is 0 Å². The fourth-order valence-electron chi connectivity index (χ4n) is 3.16. The van der Waals surface area contributed by atoms with E-state index in [-0.39, 0.29) is 0 Å². The summed E-state index contributed by atoms with van der Waals surface area (Å²) in [5.74, 6) is 0. The highest BCUT2D eigenvalue weighted by Gasteiger charge is 2.08. The summed E-state index contributed by atoms with van der Waals surface area (Å²) < 4.78 is 0. The molecule has 1 heterocycles. The molecular weight excluding hydrogens is 230 g/mol. The van der Waals surface area contributed by atoms with E-state index in [0.717, 1.165) is 0 Å². The molecule has 2 rings (SSSR count). The van der Waals surface area contributed by atoms with Gasteiger partial charge in [-0.3, -0.25) is 0 Å². The zero-order chi connectivity index (χ0) is 13.3. The highest BCUT2D eigenvalue weighted by atomic mass is 15.1. The van der Waals surface area contributed by atoms with E-state index in [2.05, 4.69) is 36.1 Å². The smallest absolute Gasteiger partial charge is 0.00186 e. The van der Waals surface area contributed by atoms with Crippen LogP contribution in [0.2, 0.25) is 0 Å². The topological polar surface area (TPSA) is 3.24 Å². The Morgan fingerprint density at radius 3 is 2.26 bits per heavy atom. The first-order chi connectivity index (χ1) is 9.40. The molecule has 1 aromatic carbocycles. The Bertz CT molecular complexity index is 350. The van der Waals surface area contributed by atoms with Crippen LogP contribution in [0.4, 0.5) is 0 Å². The van der Waals surface area contributed by atoms with Gasteiger partial charge in [0.05, 0.1) is 0 Å². The fourth-order valence-corrected chi connectivity index (χ4v) is 3.16. The Morgan fingerprint density at radius 2 is 1.58 bits per heavy atom. The third-order valence-electron chi connectivity index (χ3n) is 4.37. The molecule has 0 saturated carbocycles. The monoisotopic (exact) mass is 259 g/mol. The van der Waals surface area contributed by atoms with E-state index >= 15 is 0 Å². The van der Waals surface area contributed by atoms with Gasteiger partial charge in [-0.15, -0.1) is 0 Å². The van der Waals surface area contributed by atoms with Gasteiger partial charge in [0.15, 0.2) is 0 Å². The minimum Gasteiger partial charge on any atom is -0.303 e. The molecule has 0 bridgehead atoms. The average Bonchev–Trinajstić information content (AvgIpc) is 2.72. The predicted octanol–water partition coefficient (Wildman–Crippen LogP) is 4.45. The van der Waals surface area contributed by atoms with Gasteiger partial charge in [-0.1, -0.05) is 44.0 Å². The number of likely N-dealkylation sites (tertiary alicyclic amines) is 1. The maximum Gasteiger partial charge on any atom is -0.00186 e. The molecule has 1 saturated heterocycles. The van der Waals surface area contributed by atoms with Crippen LogP contribution in [0.25, 0.3) is 0 Å². The molecule has 0 spiro atoms. The van der Waals surface area contributed by atoms with Gasteiger partial charge < -0.3 is 4.90 Å². The molecular formula is C18H29N. The lowest BCUT2D eigenvalue weighted by Crippen LogP contribution is -2.25. The van der Waals surface area contributed by atoms with Gasteiger partial charge in [-0.2, -0.15) is 0 Å². The van der Waals surface area contributed by atoms with Crippen molar-refractivity contribution in [3.8, 4) is 0 Å². The van der Waals surface area contributed by atoms with E-state index in [1.807, 2.05) is 0 Å². The second-order valence-electron chi connectivity index (χ2n) is 5.84. The molecule has 1 aliphatic rings. The molecule has 0 amide bonds. The van der Waals surface area contributed by atoms with Crippen molar-refractivity contribution < 1.29 is 0 Å². The summed E-state index contributed by atoms with van der Waals surface area (Å²) in [4.78, 5) is 2.68. The van der Waals surface area contributed by atoms with Gasteiger partial charge in [-0.25, -0.2) is 0 Å². The number of benzene rings is 1. The second-order valence-corrected chi connectivity index (χ2v) is 5.84. The number of hydrogen-bond acceptors (Lipinski definition) is 1. The highest BCUT2D eigenvalue weighted by molar-refractivity contribution is 5.26. The Balaban J connectivity index is 1.68. The average molecular weight is 259 g/mol. The van der Waals surface area contributed by atoms with Gasteiger partial charge in [0.2, 0.25) is 0 Å². The van der Waals surface area contributed by atoms with Gasteiger partial charge in [0.25, 0.3) is 0 Å². The van der Waals surface area contributed by atoms with Gasteiger partial charge in [0.1, 0.15) is 0 Å². The molecule has 0 atom stereocenters. The van der Waals surface area contributed by atoms with Crippen LogP contribution < -0.4 is 0 Å². The molecule has 1 aliphatic heterocycles. The number of unbranched alkanes of at least 4 members (excludes halogenated alkanes) is 1. The van der Waals surface area contributed by atoms with E-state index in [0.29, 0.717) is 0 Å². The first kappa shape index (κ1) is 14.6. The molecule has 19 heavy (non-hydrogen) atoms. The van der Waals surface area contributed by atoms with Crippen molar-refractivity contribution in [3.05, 3.63) is 35.4 Å². The molecule has 0 aliphatic carbocycles. The van der Waals surface area contributed by atoms with Gasteiger partial charge >= 0.3 is 0 Å². The zero-order valence-corrected chi connectivity index (χ0v) is 12.5. The number of nitrogens with zero attached hydrogens (tertiary/aromatic N) is 1. The lowest BCUT2D eigenvalue weighted by atomic mass is 10.0. The second kappa shape index (κ2) is 8.37. The fraction of sp³-hybridized carbons (Fsp3) is 0.667. The van der Waals surface area contributed by atoms with Crippen molar-refractivity contribution in [2.75, 3.05) is 19.6 Å². The Labute approximate surface area is 119 Å². The van der Waals surface area contributed by atoms with E-state index in [1.165, 1.54) is 76.6 Å². The summed E-state index contributed by atoms with van der Waals surface area (Å²) in [6.45, 7) is 6.25. The molecule has 1 aromatic rings. The Hall–Kier alpha value is -0.820. The van der Waals surface area contributed by atoms with Gasteiger partial charge in [-0.05, 0) is 69.3 Å². The van der Waals surface area contributed by atoms with Crippen LogP contribution in [-0.2, 0) is 12.8 Å². The molecule has 1 heteroatoms. The van der Waals surface area contributed by atoms with E-state index in [4.69, 9.17) is 0 Å². The van der Waals surface area contributed by atoms with Crippen molar-refractivity contribution >= 4 is 0 Å². The summed E-state index contributed by atoms with van der Waals surface area (Å²) in [7, 11) is 0.